The van der Waals surface area contributed by atoms with Gasteiger partial charge in [-0.1, -0.05) is 58.1 Å². The summed E-state index contributed by atoms with van der Waals surface area (Å²) in [6.45, 7) is 5.21. The topological polar surface area (TPSA) is 19.4 Å². The SMILES string of the molecule is CN(C)Cc1cc(CN(C)C)cc(-c2[c-]c(-c3cc(CN(C)C)cc(CN(C)C)c3)[c-]c(-c3cc(CN(C)C)cc(CN(C)C)c3)[c-]2)c1.[Cl][Pt+].[Cl][Pt+].[Cl][Pt+]. The van der Waals surface area contributed by atoms with Crippen LogP contribution in [-0.4, -0.2) is 114 Å². The molecule has 0 aliphatic rings. The van der Waals surface area contributed by atoms with Crippen LogP contribution in [0.25, 0.3) is 33.4 Å². The van der Waals surface area contributed by atoms with Crippen LogP contribution in [0.5, 0.6) is 0 Å². The van der Waals surface area contributed by atoms with Crippen molar-refractivity contribution >= 4 is 28.3 Å². The average Bonchev–Trinajstić information content (AvgIpc) is 3.08. The number of hydrogen-bond donors (Lipinski definition) is 0. The van der Waals surface area contributed by atoms with Crippen molar-refractivity contribution in [3.63, 3.8) is 0 Å². The molecule has 12 heteroatoms. The number of benzene rings is 4. The number of nitrogens with zero attached hydrogens (tertiary/aromatic N) is 6. The van der Waals surface area contributed by atoms with E-state index in [4.69, 9.17) is 0 Å². The van der Waals surface area contributed by atoms with E-state index in [0.717, 1.165) is 72.6 Å². The summed E-state index contributed by atoms with van der Waals surface area (Å²) in [6.07, 6.45) is 0. The molecular formula is C42H57Cl3N6Pt3. The van der Waals surface area contributed by atoms with Crippen LogP contribution < -0.4 is 0 Å². The summed E-state index contributed by atoms with van der Waals surface area (Å²) in [5.74, 6) is 0. The first-order chi connectivity index (χ1) is 25.6. The first-order valence-corrected chi connectivity index (χ1v) is 25.6. The van der Waals surface area contributed by atoms with Crippen LogP contribution in [0.3, 0.4) is 0 Å². The van der Waals surface area contributed by atoms with Crippen LogP contribution in [-0.2, 0) is 95.6 Å². The number of hydrogen-bond acceptors (Lipinski definition) is 6. The van der Waals surface area contributed by atoms with E-state index in [1.807, 2.05) is 0 Å². The van der Waals surface area contributed by atoms with Gasteiger partial charge in [0.1, 0.15) is 0 Å². The molecule has 0 N–H and O–H groups in total. The minimum atomic E-state index is 0.869. The van der Waals surface area contributed by atoms with Crippen LogP contribution in [0.4, 0.5) is 0 Å². The van der Waals surface area contributed by atoms with Gasteiger partial charge in [0.2, 0.25) is 0 Å². The molecule has 0 unspecified atom stereocenters. The third kappa shape index (κ3) is 18.9. The van der Waals surface area contributed by atoms with Crippen molar-refractivity contribution in [1.82, 2.24) is 29.4 Å². The first kappa shape index (κ1) is 51.6. The summed E-state index contributed by atoms with van der Waals surface area (Å²) < 4.78 is 0. The Morgan fingerprint density at radius 3 is 0.593 bits per heavy atom. The second-order valence-corrected chi connectivity index (χ2v) is 15.0. The molecule has 0 bridgehead atoms. The maximum atomic E-state index is 4.61. The minimum absolute atomic E-state index is 0.869. The summed E-state index contributed by atoms with van der Waals surface area (Å²) in [4.78, 5) is 13.4. The van der Waals surface area contributed by atoms with E-state index in [2.05, 4.69) is 215 Å². The quantitative estimate of drug-likeness (QED) is 0.111. The zero-order valence-electron chi connectivity index (χ0n) is 33.7. The fourth-order valence-corrected chi connectivity index (χ4v) is 6.36. The molecule has 0 aromatic heterocycles. The van der Waals surface area contributed by atoms with Gasteiger partial charge in [0.15, 0.2) is 0 Å². The molecule has 0 fully saturated rings. The van der Waals surface area contributed by atoms with Crippen LogP contribution in [0.1, 0.15) is 33.4 Å². The van der Waals surface area contributed by atoms with Crippen molar-refractivity contribution in [2.24, 2.45) is 0 Å². The standard InChI is InChI=1S/C42H57N6.3ClH.3Pt/c1-43(2)25-31-13-32(26-44(3)4)17-37(16-31)40-22-41(38-18-33(27-45(5)6)14-34(19-38)28-46(7)8)24-42(23-40)39-20-35(29-47(9)10)15-36(21-39)30-48(11)12;;;;;;/h13-21H,25-30H2,1-12H3;3*1H;;;/q-3;;;;3*+2/p-3. The number of halogens is 3. The van der Waals surface area contributed by atoms with E-state index in [9.17, 15) is 0 Å². The van der Waals surface area contributed by atoms with Crippen LogP contribution in [0.2, 0.25) is 0 Å². The third-order valence-corrected chi connectivity index (χ3v) is 7.77. The van der Waals surface area contributed by atoms with Gasteiger partial charge in [-0.25, -0.2) is 16.7 Å². The van der Waals surface area contributed by atoms with Gasteiger partial charge in [-0.3, -0.25) is 0 Å². The Labute approximate surface area is 374 Å². The van der Waals surface area contributed by atoms with E-state index >= 15 is 0 Å². The molecular weight excluding hydrogens is 1280 g/mol. The second-order valence-electron chi connectivity index (χ2n) is 15.0. The Hall–Kier alpha value is -0.425. The zero-order valence-corrected chi connectivity index (χ0v) is 42.8. The van der Waals surface area contributed by atoms with Crippen molar-refractivity contribution in [3.05, 3.63) is 106 Å². The summed E-state index contributed by atoms with van der Waals surface area (Å²) >= 11 is 4.83. The molecule has 0 saturated carbocycles. The monoisotopic (exact) mass is 1340 g/mol. The molecule has 6 nitrogen and oxygen atoms in total. The van der Waals surface area contributed by atoms with E-state index in [-0.39, 0.29) is 0 Å². The van der Waals surface area contributed by atoms with Crippen molar-refractivity contribution in [2.75, 3.05) is 84.6 Å². The van der Waals surface area contributed by atoms with Gasteiger partial charge in [-0.15, -0.1) is 0 Å². The van der Waals surface area contributed by atoms with E-state index in [1.165, 1.54) is 33.4 Å². The number of rotatable bonds is 15. The molecule has 0 aliphatic heterocycles. The molecule has 0 saturated heterocycles. The predicted molar refractivity (Wildman–Crippen MR) is 221 cm³/mol. The van der Waals surface area contributed by atoms with Crippen molar-refractivity contribution in [3.8, 4) is 33.4 Å². The van der Waals surface area contributed by atoms with Gasteiger partial charge >= 0.3 is 84.6 Å². The zero-order chi connectivity index (χ0) is 41.1. The Morgan fingerprint density at radius 1 is 0.315 bits per heavy atom. The Bertz CT molecular complexity index is 1390. The van der Waals surface area contributed by atoms with Crippen molar-refractivity contribution < 1.29 is 56.3 Å². The van der Waals surface area contributed by atoms with E-state index < -0.39 is 0 Å². The van der Waals surface area contributed by atoms with Crippen molar-refractivity contribution in [2.45, 2.75) is 39.3 Å². The maximum absolute atomic E-state index is 4.61. The van der Waals surface area contributed by atoms with E-state index in [0.29, 0.717) is 0 Å². The predicted octanol–water partition coefficient (Wildman–Crippen LogP) is 8.52. The molecule has 4 aromatic rings. The molecule has 0 aliphatic carbocycles. The summed E-state index contributed by atoms with van der Waals surface area (Å²) in [6, 6.07) is 32.3. The normalized spacial score (nSPS) is 11.2. The molecule has 0 heterocycles. The average molecular weight is 1340 g/mol. The van der Waals surface area contributed by atoms with Gasteiger partial charge < -0.3 is 58.7 Å². The van der Waals surface area contributed by atoms with Crippen LogP contribution in [0.15, 0.2) is 54.6 Å². The molecule has 4 rings (SSSR count). The van der Waals surface area contributed by atoms with Crippen LogP contribution >= 0.6 is 28.3 Å². The molecule has 4 aromatic carbocycles. The second kappa shape index (κ2) is 27.3. The van der Waals surface area contributed by atoms with Gasteiger partial charge in [-0.2, -0.15) is 24.3 Å². The summed E-state index contributed by atoms with van der Waals surface area (Å²) in [5, 5.41) is 0. The summed E-state index contributed by atoms with van der Waals surface area (Å²) in [5.41, 5.74) is 14.0. The fraction of sp³-hybridized carbons (Fsp3) is 0.429. The van der Waals surface area contributed by atoms with Gasteiger partial charge in [0, 0.05) is 39.3 Å². The Kier molecular flexibility index (Phi) is 26.1. The first-order valence-electron chi connectivity index (χ1n) is 17.2. The molecule has 0 radical (unpaired) electrons. The molecule has 0 spiro atoms. The van der Waals surface area contributed by atoms with E-state index in [1.54, 1.807) is 56.3 Å². The molecule has 0 atom stereocenters. The van der Waals surface area contributed by atoms with Gasteiger partial charge in [-0.05, 0) is 95.7 Å². The molecule has 54 heavy (non-hydrogen) atoms. The van der Waals surface area contributed by atoms with Crippen molar-refractivity contribution in [1.29, 1.82) is 0 Å². The summed E-state index contributed by atoms with van der Waals surface area (Å²) in [7, 11) is 39.4. The van der Waals surface area contributed by atoms with Crippen LogP contribution in [0, 0.1) is 18.2 Å². The molecule has 0 amide bonds. The van der Waals surface area contributed by atoms with Gasteiger partial charge in [0.25, 0.3) is 0 Å². The Balaban J connectivity index is 0.00000231. The van der Waals surface area contributed by atoms with Gasteiger partial charge in [0.05, 0.1) is 0 Å². The Morgan fingerprint density at radius 2 is 0.463 bits per heavy atom. The molecule has 306 valence electrons. The third-order valence-electron chi connectivity index (χ3n) is 7.77. The fourth-order valence-electron chi connectivity index (χ4n) is 6.36.